The lowest BCUT2D eigenvalue weighted by molar-refractivity contribution is 0.0710. The molecule has 3 rings (SSSR count). The van der Waals surface area contributed by atoms with E-state index in [4.69, 9.17) is 0 Å². The zero-order chi connectivity index (χ0) is 13.9. The predicted octanol–water partition coefficient (Wildman–Crippen LogP) is 3.52. The lowest BCUT2D eigenvalue weighted by Crippen LogP contribution is -2.43. The molecular formula is C17H22FNO. The van der Waals surface area contributed by atoms with Crippen LogP contribution in [0.3, 0.4) is 0 Å². The van der Waals surface area contributed by atoms with Crippen molar-refractivity contribution in [3.8, 4) is 0 Å². The second-order valence-corrected chi connectivity index (χ2v) is 6.23. The molecule has 1 heterocycles. The second-order valence-electron chi connectivity index (χ2n) is 6.23. The van der Waals surface area contributed by atoms with E-state index in [1.807, 2.05) is 0 Å². The van der Waals surface area contributed by atoms with Gasteiger partial charge in [0.2, 0.25) is 0 Å². The van der Waals surface area contributed by atoms with E-state index in [1.54, 1.807) is 18.2 Å². The van der Waals surface area contributed by atoms with Crippen LogP contribution in [0.2, 0.25) is 0 Å². The monoisotopic (exact) mass is 275 g/mol. The maximum atomic E-state index is 13.6. The molecule has 2 unspecified atom stereocenters. The van der Waals surface area contributed by atoms with Gasteiger partial charge in [-0.05, 0) is 43.4 Å². The van der Waals surface area contributed by atoms with E-state index in [1.165, 1.54) is 38.2 Å². The van der Waals surface area contributed by atoms with Crippen molar-refractivity contribution in [1.29, 1.82) is 0 Å². The van der Waals surface area contributed by atoms with Gasteiger partial charge in [-0.2, -0.15) is 0 Å². The fraction of sp³-hybridized carbons (Fsp3) is 0.588. The minimum absolute atomic E-state index is 0.0858. The highest BCUT2D eigenvalue weighted by atomic mass is 19.1. The van der Waals surface area contributed by atoms with E-state index < -0.39 is 5.82 Å². The molecule has 0 N–H and O–H groups in total. The van der Waals surface area contributed by atoms with E-state index in [-0.39, 0.29) is 11.3 Å². The zero-order valence-electron chi connectivity index (χ0n) is 11.9. The Hall–Kier alpha value is -1.22. The number of carbonyl (C=O) groups is 1. The molecule has 0 aromatic heterocycles. The summed E-state index contributed by atoms with van der Waals surface area (Å²) in [7, 11) is 0. The number of ketones is 1. The number of benzene rings is 1. The van der Waals surface area contributed by atoms with Crippen LogP contribution in [0.25, 0.3) is 0 Å². The van der Waals surface area contributed by atoms with Gasteiger partial charge in [-0.3, -0.25) is 9.69 Å². The van der Waals surface area contributed by atoms with Crippen molar-refractivity contribution >= 4 is 5.78 Å². The lowest BCUT2D eigenvalue weighted by atomic mass is 9.75. The van der Waals surface area contributed by atoms with Gasteiger partial charge in [0.15, 0.2) is 5.78 Å². The molecule has 20 heavy (non-hydrogen) atoms. The number of hydrogen-bond donors (Lipinski definition) is 0. The Balaban J connectivity index is 1.61. The SMILES string of the molecule is O=C(CN1CCC2CCCCC2C1)c1ccccc1F. The first-order chi connectivity index (χ1) is 9.74. The fourth-order valence-electron chi connectivity index (χ4n) is 3.80. The van der Waals surface area contributed by atoms with Crippen molar-refractivity contribution in [3.63, 3.8) is 0 Å². The summed E-state index contributed by atoms with van der Waals surface area (Å²) >= 11 is 0. The van der Waals surface area contributed by atoms with Gasteiger partial charge in [-0.15, -0.1) is 0 Å². The molecule has 2 aliphatic rings. The number of likely N-dealkylation sites (tertiary alicyclic amines) is 1. The predicted molar refractivity (Wildman–Crippen MR) is 77.2 cm³/mol. The molecular weight excluding hydrogens is 253 g/mol. The molecule has 0 radical (unpaired) electrons. The highest BCUT2D eigenvalue weighted by Crippen LogP contribution is 2.35. The average molecular weight is 275 g/mol. The number of halogens is 1. The number of carbonyl (C=O) groups excluding carboxylic acids is 1. The van der Waals surface area contributed by atoms with Gasteiger partial charge in [0.05, 0.1) is 12.1 Å². The summed E-state index contributed by atoms with van der Waals surface area (Å²) in [6.07, 6.45) is 6.57. The molecule has 2 fully saturated rings. The molecule has 2 nitrogen and oxygen atoms in total. The number of rotatable bonds is 3. The molecule has 1 aromatic rings. The van der Waals surface area contributed by atoms with E-state index in [0.717, 1.165) is 24.9 Å². The summed E-state index contributed by atoms with van der Waals surface area (Å²) in [5, 5.41) is 0. The number of Topliss-reactive ketones (excluding diaryl/α,β-unsaturated/α-hetero) is 1. The minimum Gasteiger partial charge on any atom is -0.296 e. The lowest BCUT2D eigenvalue weighted by Gasteiger charge is -2.41. The summed E-state index contributed by atoms with van der Waals surface area (Å²) in [5.74, 6) is 1.14. The molecule has 3 heteroatoms. The van der Waals surface area contributed by atoms with Gasteiger partial charge in [-0.1, -0.05) is 31.4 Å². The first-order valence-electron chi connectivity index (χ1n) is 7.74. The van der Waals surface area contributed by atoms with Gasteiger partial charge in [0.25, 0.3) is 0 Å². The van der Waals surface area contributed by atoms with Crippen molar-refractivity contribution in [2.75, 3.05) is 19.6 Å². The van der Waals surface area contributed by atoms with Crippen LogP contribution in [0.4, 0.5) is 4.39 Å². The number of hydrogen-bond acceptors (Lipinski definition) is 2. The van der Waals surface area contributed by atoms with Crippen LogP contribution >= 0.6 is 0 Å². The van der Waals surface area contributed by atoms with Crippen LogP contribution in [0, 0.1) is 17.7 Å². The van der Waals surface area contributed by atoms with Gasteiger partial charge >= 0.3 is 0 Å². The minimum atomic E-state index is -0.398. The van der Waals surface area contributed by atoms with Crippen molar-refractivity contribution < 1.29 is 9.18 Å². The van der Waals surface area contributed by atoms with Crippen LogP contribution in [-0.2, 0) is 0 Å². The topological polar surface area (TPSA) is 20.3 Å². The summed E-state index contributed by atoms with van der Waals surface area (Å²) in [6, 6.07) is 6.30. The van der Waals surface area contributed by atoms with E-state index in [2.05, 4.69) is 4.90 Å². The van der Waals surface area contributed by atoms with Gasteiger partial charge in [0.1, 0.15) is 5.82 Å². The molecule has 2 atom stereocenters. The molecule has 1 saturated carbocycles. The Kier molecular flexibility index (Phi) is 4.16. The van der Waals surface area contributed by atoms with Gasteiger partial charge in [0, 0.05) is 6.54 Å². The smallest absolute Gasteiger partial charge is 0.179 e. The van der Waals surface area contributed by atoms with Crippen molar-refractivity contribution in [1.82, 2.24) is 4.90 Å². The largest absolute Gasteiger partial charge is 0.296 e. The quantitative estimate of drug-likeness (QED) is 0.787. The molecule has 0 amide bonds. The second kappa shape index (κ2) is 6.04. The Bertz CT molecular complexity index is 488. The molecule has 0 spiro atoms. The Labute approximate surface area is 120 Å². The normalized spacial score (nSPS) is 27.1. The fourth-order valence-corrected chi connectivity index (χ4v) is 3.80. The Morgan fingerprint density at radius 2 is 1.90 bits per heavy atom. The third-order valence-corrected chi connectivity index (χ3v) is 4.92. The first kappa shape index (κ1) is 13.7. The van der Waals surface area contributed by atoms with Gasteiger partial charge < -0.3 is 0 Å². The molecule has 1 saturated heterocycles. The Morgan fingerprint density at radius 1 is 1.15 bits per heavy atom. The van der Waals surface area contributed by atoms with Crippen molar-refractivity contribution in [2.24, 2.45) is 11.8 Å². The molecule has 0 bridgehead atoms. The van der Waals surface area contributed by atoms with Crippen LogP contribution in [0.1, 0.15) is 42.5 Å². The van der Waals surface area contributed by atoms with E-state index in [0.29, 0.717) is 6.54 Å². The highest BCUT2D eigenvalue weighted by molar-refractivity contribution is 5.97. The van der Waals surface area contributed by atoms with Crippen LogP contribution in [0.15, 0.2) is 24.3 Å². The molecule has 108 valence electrons. The summed E-state index contributed by atoms with van der Waals surface area (Å²) < 4.78 is 13.6. The molecule has 1 aliphatic carbocycles. The summed E-state index contributed by atoms with van der Waals surface area (Å²) in [6.45, 7) is 2.37. The third kappa shape index (κ3) is 2.93. The summed E-state index contributed by atoms with van der Waals surface area (Å²) in [4.78, 5) is 14.4. The van der Waals surface area contributed by atoms with Crippen molar-refractivity contribution in [3.05, 3.63) is 35.6 Å². The van der Waals surface area contributed by atoms with Gasteiger partial charge in [-0.25, -0.2) is 4.39 Å². The Morgan fingerprint density at radius 3 is 2.70 bits per heavy atom. The number of fused-ring (bicyclic) bond motifs is 1. The maximum Gasteiger partial charge on any atom is 0.179 e. The van der Waals surface area contributed by atoms with E-state index in [9.17, 15) is 9.18 Å². The standard InChI is InChI=1S/C17H22FNO/c18-16-8-4-3-7-15(16)17(20)12-19-10-9-13-5-1-2-6-14(13)11-19/h3-4,7-8,13-14H,1-2,5-6,9-12H2. The first-order valence-corrected chi connectivity index (χ1v) is 7.74. The number of piperidine rings is 1. The highest BCUT2D eigenvalue weighted by Gasteiger charge is 2.31. The zero-order valence-corrected chi connectivity index (χ0v) is 11.9. The maximum absolute atomic E-state index is 13.6. The summed E-state index contributed by atoms with van der Waals surface area (Å²) in [5.41, 5.74) is 0.235. The third-order valence-electron chi connectivity index (χ3n) is 4.92. The van der Waals surface area contributed by atoms with Crippen LogP contribution in [0.5, 0.6) is 0 Å². The van der Waals surface area contributed by atoms with Crippen molar-refractivity contribution in [2.45, 2.75) is 32.1 Å². The number of nitrogens with zero attached hydrogens (tertiary/aromatic N) is 1. The molecule has 1 aliphatic heterocycles. The van der Waals surface area contributed by atoms with Crippen LogP contribution < -0.4 is 0 Å². The molecule has 1 aromatic carbocycles. The van der Waals surface area contributed by atoms with E-state index >= 15 is 0 Å². The van der Waals surface area contributed by atoms with Crippen LogP contribution in [-0.4, -0.2) is 30.3 Å². The average Bonchev–Trinajstić information content (AvgIpc) is 2.47.